The number of amides is 3. The number of halogens is 3. The number of anilines is 3. The smallest absolute Gasteiger partial charge is 0.366 e. The van der Waals surface area contributed by atoms with Crippen LogP contribution in [0.4, 0.5) is 35.3 Å². The number of urea groups is 1. The van der Waals surface area contributed by atoms with E-state index in [0.717, 1.165) is 0 Å². The molecule has 0 saturated carbocycles. The van der Waals surface area contributed by atoms with Crippen molar-refractivity contribution in [1.29, 1.82) is 0 Å². The van der Waals surface area contributed by atoms with Crippen molar-refractivity contribution in [3.63, 3.8) is 0 Å². The molecule has 0 radical (unpaired) electrons. The van der Waals surface area contributed by atoms with Crippen LogP contribution in [0, 0.1) is 5.92 Å². The van der Waals surface area contributed by atoms with Crippen molar-refractivity contribution in [2.24, 2.45) is 5.92 Å². The number of hydrogen-bond acceptors (Lipinski definition) is 5. The van der Waals surface area contributed by atoms with Crippen LogP contribution in [0.3, 0.4) is 0 Å². The molecule has 3 amide bonds. The predicted molar refractivity (Wildman–Crippen MR) is 113 cm³/mol. The highest BCUT2D eigenvalue weighted by Gasteiger charge is 2.44. The molecule has 4 rings (SSSR count). The molecule has 8 nitrogen and oxygen atoms in total. The summed E-state index contributed by atoms with van der Waals surface area (Å²) >= 11 is 0. The maximum Gasteiger partial charge on any atom is 0.408 e. The molecular formula is C21H23F3N6O2. The summed E-state index contributed by atoms with van der Waals surface area (Å²) in [7, 11) is 0. The molecule has 2 aromatic rings. The maximum absolute atomic E-state index is 13.3. The molecule has 0 spiro atoms. The summed E-state index contributed by atoms with van der Waals surface area (Å²) in [6.07, 6.45) is -2.34. The highest BCUT2D eigenvalue weighted by Crippen LogP contribution is 2.39. The van der Waals surface area contributed by atoms with Gasteiger partial charge >= 0.3 is 12.2 Å². The number of hydrogen-bond donors (Lipinski definition) is 2. The molecule has 1 fully saturated rings. The van der Waals surface area contributed by atoms with E-state index in [1.807, 2.05) is 10.2 Å². The predicted octanol–water partition coefficient (Wildman–Crippen LogP) is 3.42. The first-order valence-electron chi connectivity index (χ1n) is 10.3. The molecule has 1 unspecified atom stereocenters. The first kappa shape index (κ1) is 21.8. The normalized spacial score (nSPS) is 18.4. The summed E-state index contributed by atoms with van der Waals surface area (Å²) in [6.45, 7) is 4.09. The number of aromatic nitrogens is 2. The van der Waals surface area contributed by atoms with Crippen LogP contribution in [-0.4, -0.2) is 53.3 Å². The quantitative estimate of drug-likeness (QED) is 0.748. The lowest BCUT2D eigenvalue weighted by Crippen LogP contribution is -2.50. The fourth-order valence-corrected chi connectivity index (χ4v) is 4.05. The van der Waals surface area contributed by atoms with Crippen LogP contribution in [0.2, 0.25) is 0 Å². The van der Waals surface area contributed by atoms with Gasteiger partial charge in [0, 0.05) is 19.3 Å². The lowest BCUT2D eigenvalue weighted by Gasteiger charge is -2.35. The standard InChI is InChI=1S/C21H23F3N6O2/c1-12(2)17(21(22,23)24)28-19(31)14-6-7-15-18(26-14)30(13-8-10-29(15)11-13)20(32)27-16-5-3-4-9-25-16/h3-7,9,12-13,17H,8,10-11H2,1-2H3,(H,28,31)(H,25,27,32)/t13?,17-/m1/s1. The van der Waals surface area contributed by atoms with Gasteiger partial charge in [-0.05, 0) is 36.6 Å². The zero-order valence-corrected chi connectivity index (χ0v) is 17.6. The number of pyridine rings is 2. The topological polar surface area (TPSA) is 90.5 Å². The molecule has 0 aliphatic carbocycles. The number of carbonyl (C=O) groups is 2. The zero-order chi connectivity index (χ0) is 23.0. The number of rotatable bonds is 4. The Kier molecular flexibility index (Phi) is 5.66. The average Bonchev–Trinajstić information content (AvgIpc) is 3.15. The summed E-state index contributed by atoms with van der Waals surface area (Å²) in [4.78, 5) is 37.6. The molecule has 11 heteroatoms. The lowest BCUT2D eigenvalue weighted by atomic mass is 10.0. The van der Waals surface area contributed by atoms with Gasteiger partial charge in [0.1, 0.15) is 17.6 Å². The Labute approximate surface area is 182 Å². The zero-order valence-electron chi connectivity index (χ0n) is 17.6. The van der Waals surface area contributed by atoms with Crippen LogP contribution in [0.15, 0.2) is 36.5 Å². The highest BCUT2D eigenvalue weighted by atomic mass is 19.4. The number of nitrogens with one attached hydrogen (secondary N) is 2. The van der Waals surface area contributed by atoms with Gasteiger partial charge in [0.15, 0.2) is 5.82 Å². The minimum atomic E-state index is -4.59. The van der Waals surface area contributed by atoms with Gasteiger partial charge in [-0.2, -0.15) is 13.2 Å². The van der Waals surface area contributed by atoms with Crippen molar-refractivity contribution in [2.75, 3.05) is 28.2 Å². The van der Waals surface area contributed by atoms with Crippen LogP contribution in [0.25, 0.3) is 0 Å². The monoisotopic (exact) mass is 448 g/mol. The number of carbonyl (C=O) groups excluding carboxylic acids is 2. The Hall–Kier alpha value is -3.37. The van der Waals surface area contributed by atoms with Crippen LogP contribution in [-0.2, 0) is 0 Å². The molecule has 2 aliphatic heterocycles. The van der Waals surface area contributed by atoms with Crippen LogP contribution >= 0.6 is 0 Å². The van der Waals surface area contributed by atoms with Gasteiger partial charge in [0.25, 0.3) is 5.91 Å². The van der Waals surface area contributed by atoms with E-state index in [4.69, 9.17) is 0 Å². The van der Waals surface area contributed by atoms with E-state index in [1.165, 1.54) is 24.8 Å². The third-order valence-corrected chi connectivity index (χ3v) is 5.61. The Morgan fingerprint density at radius 1 is 1.19 bits per heavy atom. The summed E-state index contributed by atoms with van der Waals surface area (Å²) < 4.78 is 39.9. The largest absolute Gasteiger partial charge is 0.408 e. The minimum Gasteiger partial charge on any atom is -0.366 e. The molecule has 2 bridgehead atoms. The minimum absolute atomic E-state index is 0.171. The average molecular weight is 448 g/mol. The van der Waals surface area contributed by atoms with E-state index in [-0.39, 0.29) is 17.6 Å². The van der Waals surface area contributed by atoms with Crippen molar-refractivity contribution in [1.82, 2.24) is 15.3 Å². The molecule has 32 heavy (non-hydrogen) atoms. The van der Waals surface area contributed by atoms with E-state index in [2.05, 4.69) is 15.3 Å². The summed E-state index contributed by atoms with van der Waals surface area (Å²) in [5, 5.41) is 4.75. The van der Waals surface area contributed by atoms with Gasteiger partial charge in [0.2, 0.25) is 0 Å². The van der Waals surface area contributed by atoms with Gasteiger partial charge in [-0.15, -0.1) is 0 Å². The molecule has 2 atom stereocenters. The number of nitrogens with zero attached hydrogens (tertiary/aromatic N) is 4. The van der Waals surface area contributed by atoms with Crippen molar-refractivity contribution in [3.8, 4) is 0 Å². The maximum atomic E-state index is 13.3. The third-order valence-electron chi connectivity index (χ3n) is 5.61. The Morgan fingerprint density at radius 3 is 2.62 bits per heavy atom. The van der Waals surface area contributed by atoms with Crippen LogP contribution in [0.1, 0.15) is 30.8 Å². The SMILES string of the molecule is CC(C)[C@@H](NC(=O)c1ccc2c(n1)N(C(=O)Nc1ccccn1)C1CCN2C1)C(F)(F)F. The summed E-state index contributed by atoms with van der Waals surface area (Å²) in [5.74, 6) is -1.19. The van der Waals surface area contributed by atoms with Crippen LogP contribution < -0.4 is 20.4 Å². The van der Waals surface area contributed by atoms with Crippen molar-refractivity contribution in [2.45, 2.75) is 38.5 Å². The van der Waals surface area contributed by atoms with Crippen molar-refractivity contribution < 1.29 is 22.8 Å². The fourth-order valence-electron chi connectivity index (χ4n) is 4.05. The van der Waals surface area contributed by atoms with Gasteiger partial charge in [0.05, 0.1) is 11.7 Å². The molecule has 170 valence electrons. The fraction of sp³-hybridized carbons (Fsp3) is 0.429. The third kappa shape index (κ3) is 4.19. The van der Waals surface area contributed by atoms with E-state index >= 15 is 0 Å². The van der Waals surface area contributed by atoms with Gasteiger partial charge in [-0.3, -0.25) is 15.0 Å². The first-order chi connectivity index (χ1) is 15.1. The number of alkyl halides is 3. The molecule has 2 N–H and O–H groups in total. The summed E-state index contributed by atoms with van der Waals surface area (Å²) in [5.41, 5.74) is 0.472. The second kappa shape index (κ2) is 8.29. The molecule has 0 aromatic carbocycles. The van der Waals surface area contributed by atoms with Crippen molar-refractivity contribution >= 4 is 29.3 Å². The van der Waals surface area contributed by atoms with E-state index in [9.17, 15) is 22.8 Å². The summed E-state index contributed by atoms with van der Waals surface area (Å²) in [6, 6.07) is 5.47. The highest BCUT2D eigenvalue weighted by molar-refractivity contribution is 6.05. The Balaban J connectivity index is 1.63. The second-order valence-corrected chi connectivity index (χ2v) is 8.18. The molecule has 1 saturated heterocycles. The van der Waals surface area contributed by atoms with Gasteiger partial charge < -0.3 is 10.2 Å². The molecule has 2 aromatic heterocycles. The second-order valence-electron chi connectivity index (χ2n) is 8.18. The van der Waals surface area contributed by atoms with E-state index in [1.54, 1.807) is 30.5 Å². The Bertz CT molecular complexity index is 1010. The molecule has 2 aliphatic rings. The Morgan fingerprint density at radius 2 is 1.97 bits per heavy atom. The van der Waals surface area contributed by atoms with Crippen LogP contribution in [0.5, 0.6) is 0 Å². The molecular weight excluding hydrogens is 425 g/mol. The number of fused-ring (bicyclic) bond motifs is 4. The first-order valence-corrected chi connectivity index (χ1v) is 10.3. The molecule has 4 heterocycles. The van der Waals surface area contributed by atoms with Crippen molar-refractivity contribution in [3.05, 3.63) is 42.2 Å². The van der Waals surface area contributed by atoms with E-state index in [0.29, 0.717) is 31.0 Å². The van der Waals surface area contributed by atoms with Gasteiger partial charge in [-0.1, -0.05) is 19.9 Å². The lowest BCUT2D eigenvalue weighted by molar-refractivity contribution is -0.162. The van der Waals surface area contributed by atoms with E-state index < -0.39 is 30.1 Å². The van der Waals surface area contributed by atoms with Gasteiger partial charge in [-0.25, -0.2) is 14.8 Å².